The van der Waals surface area contributed by atoms with Crippen LogP contribution in [0.3, 0.4) is 0 Å². The standard InChI is InChI=1S/C23H37NO7/c1-14(2)6-12-17(25)19(22(28)29)20(21(24)27)30-18(26)13-9-15-7-10-16(11-8-15)31-23(3,4)5/h7-8,10-11,14,17,19-20,22,25,28-29H,6,9,12-13H2,1-5H3,(H2,24,27). The molecule has 8 nitrogen and oxygen atoms in total. The molecule has 0 saturated carbocycles. The molecule has 3 atom stereocenters. The first kappa shape index (κ1) is 26.9. The molecular weight excluding hydrogens is 402 g/mol. The summed E-state index contributed by atoms with van der Waals surface area (Å²) in [6.45, 7) is 9.74. The Morgan fingerprint density at radius 2 is 1.61 bits per heavy atom. The maximum absolute atomic E-state index is 12.3. The van der Waals surface area contributed by atoms with Gasteiger partial charge in [0.25, 0.3) is 5.91 Å². The van der Waals surface area contributed by atoms with Crippen LogP contribution >= 0.6 is 0 Å². The summed E-state index contributed by atoms with van der Waals surface area (Å²) in [5.74, 6) is -2.21. The highest BCUT2D eigenvalue weighted by molar-refractivity contribution is 5.82. The van der Waals surface area contributed by atoms with E-state index >= 15 is 0 Å². The first-order chi connectivity index (χ1) is 14.3. The Morgan fingerprint density at radius 1 is 1.03 bits per heavy atom. The normalized spacial score (nSPS) is 14.9. The van der Waals surface area contributed by atoms with Gasteiger partial charge in [-0.2, -0.15) is 0 Å². The molecule has 0 bridgehead atoms. The Morgan fingerprint density at radius 3 is 2.06 bits per heavy atom. The van der Waals surface area contributed by atoms with Crippen molar-refractivity contribution in [2.45, 2.75) is 84.4 Å². The third-order valence-electron chi connectivity index (χ3n) is 4.68. The topological polar surface area (TPSA) is 139 Å². The highest BCUT2D eigenvalue weighted by atomic mass is 16.6. The van der Waals surface area contributed by atoms with Crippen LogP contribution in [0.4, 0.5) is 0 Å². The minimum atomic E-state index is -2.07. The number of nitrogens with two attached hydrogens (primary N) is 1. The monoisotopic (exact) mass is 439 g/mol. The molecule has 1 amide bonds. The number of carbonyl (C=O) groups is 2. The fourth-order valence-electron chi connectivity index (χ4n) is 3.10. The highest BCUT2D eigenvalue weighted by Crippen LogP contribution is 2.23. The minimum Gasteiger partial charge on any atom is -0.488 e. The van der Waals surface area contributed by atoms with E-state index in [0.29, 0.717) is 18.6 Å². The van der Waals surface area contributed by atoms with Crippen molar-refractivity contribution < 1.29 is 34.4 Å². The molecule has 3 unspecified atom stereocenters. The summed E-state index contributed by atoms with van der Waals surface area (Å²) in [5.41, 5.74) is 5.88. The van der Waals surface area contributed by atoms with Gasteiger partial charge in [0.05, 0.1) is 12.0 Å². The van der Waals surface area contributed by atoms with Crippen LogP contribution in [-0.4, -0.2) is 51.3 Å². The lowest BCUT2D eigenvalue weighted by Gasteiger charge is -2.30. The van der Waals surface area contributed by atoms with Crippen molar-refractivity contribution in [3.63, 3.8) is 0 Å². The fourth-order valence-corrected chi connectivity index (χ4v) is 3.10. The van der Waals surface area contributed by atoms with Crippen molar-refractivity contribution in [1.82, 2.24) is 0 Å². The van der Waals surface area contributed by atoms with Gasteiger partial charge in [-0.1, -0.05) is 26.0 Å². The summed E-state index contributed by atoms with van der Waals surface area (Å²) in [6, 6.07) is 7.27. The molecule has 0 aliphatic carbocycles. The van der Waals surface area contributed by atoms with Gasteiger partial charge in [0.15, 0.2) is 12.4 Å². The van der Waals surface area contributed by atoms with Crippen LogP contribution in [0.15, 0.2) is 24.3 Å². The number of hydrogen-bond acceptors (Lipinski definition) is 7. The lowest BCUT2D eigenvalue weighted by molar-refractivity contribution is -0.184. The Hall–Kier alpha value is -2.16. The molecule has 0 saturated heterocycles. The van der Waals surface area contributed by atoms with Gasteiger partial charge in [-0.25, -0.2) is 0 Å². The van der Waals surface area contributed by atoms with Gasteiger partial charge >= 0.3 is 5.97 Å². The Labute approximate surface area is 184 Å². The predicted molar refractivity (Wildman–Crippen MR) is 116 cm³/mol. The Balaban J connectivity index is 2.73. The van der Waals surface area contributed by atoms with Crippen molar-refractivity contribution >= 4 is 11.9 Å². The van der Waals surface area contributed by atoms with Crippen LogP contribution in [0, 0.1) is 11.8 Å². The van der Waals surface area contributed by atoms with Gasteiger partial charge in [-0.05, 0) is 63.6 Å². The summed E-state index contributed by atoms with van der Waals surface area (Å²) in [6.07, 6.45) is -3.85. The third kappa shape index (κ3) is 10.1. The molecule has 31 heavy (non-hydrogen) atoms. The molecule has 0 heterocycles. The van der Waals surface area contributed by atoms with E-state index in [1.54, 1.807) is 12.1 Å². The van der Waals surface area contributed by atoms with E-state index in [9.17, 15) is 24.9 Å². The third-order valence-corrected chi connectivity index (χ3v) is 4.68. The van der Waals surface area contributed by atoms with Gasteiger partial charge in [-0.15, -0.1) is 0 Å². The molecule has 0 radical (unpaired) electrons. The molecule has 8 heteroatoms. The van der Waals surface area contributed by atoms with E-state index in [2.05, 4.69) is 0 Å². The molecule has 0 aliphatic heterocycles. The summed E-state index contributed by atoms with van der Waals surface area (Å²) in [4.78, 5) is 24.1. The fraction of sp³-hybridized carbons (Fsp3) is 0.652. The largest absolute Gasteiger partial charge is 0.488 e. The minimum absolute atomic E-state index is 0.0421. The van der Waals surface area contributed by atoms with E-state index < -0.39 is 36.3 Å². The van der Waals surface area contributed by atoms with Crippen LogP contribution in [0.1, 0.15) is 59.4 Å². The van der Waals surface area contributed by atoms with Crippen LogP contribution in [0.5, 0.6) is 5.75 Å². The van der Waals surface area contributed by atoms with Crippen molar-refractivity contribution in [1.29, 1.82) is 0 Å². The first-order valence-electron chi connectivity index (χ1n) is 10.6. The number of rotatable bonds is 12. The number of aryl methyl sites for hydroxylation is 1. The van der Waals surface area contributed by atoms with Gasteiger partial charge in [0, 0.05) is 6.42 Å². The maximum atomic E-state index is 12.3. The molecule has 0 fully saturated rings. The molecule has 5 N–H and O–H groups in total. The van der Waals surface area contributed by atoms with E-state index in [-0.39, 0.29) is 24.4 Å². The van der Waals surface area contributed by atoms with Gasteiger partial charge in [0.2, 0.25) is 0 Å². The van der Waals surface area contributed by atoms with Crippen LogP contribution in [0.25, 0.3) is 0 Å². The number of amides is 1. The van der Waals surface area contributed by atoms with Gasteiger partial charge in [0.1, 0.15) is 11.4 Å². The predicted octanol–water partition coefficient (Wildman–Crippen LogP) is 1.92. The summed E-state index contributed by atoms with van der Waals surface area (Å²) >= 11 is 0. The quantitative estimate of drug-likeness (QED) is 0.288. The number of primary amides is 1. The zero-order valence-electron chi connectivity index (χ0n) is 19.1. The first-order valence-corrected chi connectivity index (χ1v) is 10.6. The van der Waals surface area contributed by atoms with Crippen LogP contribution in [-0.2, 0) is 20.7 Å². The van der Waals surface area contributed by atoms with E-state index in [4.69, 9.17) is 15.2 Å². The van der Waals surface area contributed by atoms with E-state index in [1.807, 2.05) is 46.8 Å². The number of aliphatic hydroxyl groups excluding tert-OH is 2. The second-order valence-corrected chi connectivity index (χ2v) is 9.20. The summed E-state index contributed by atoms with van der Waals surface area (Å²) in [7, 11) is 0. The maximum Gasteiger partial charge on any atom is 0.306 e. The van der Waals surface area contributed by atoms with Crippen molar-refractivity contribution in [2.24, 2.45) is 17.6 Å². The molecule has 0 spiro atoms. The lowest BCUT2D eigenvalue weighted by Crippen LogP contribution is -2.49. The molecule has 0 aliphatic rings. The zero-order chi connectivity index (χ0) is 23.8. The van der Waals surface area contributed by atoms with Crippen molar-refractivity contribution in [3.05, 3.63) is 29.8 Å². The summed E-state index contributed by atoms with van der Waals surface area (Å²) in [5, 5.41) is 29.7. The zero-order valence-corrected chi connectivity index (χ0v) is 19.1. The molecule has 176 valence electrons. The lowest BCUT2D eigenvalue weighted by atomic mass is 9.89. The Bertz CT molecular complexity index is 695. The van der Waals surface area contributed by atoms with Gasteiger partial charge in [-0.3, -0.25) is 9.59 Å². The second-order valence-electron chi connectivity index (χ2n) is 9.20. The molecule has 1 rings (SSSR count). The molecule has 1 aromatic rings. The van der Waals surface area contributed by atoms with Crippen LogP contribution < -0.4 is 10.5 Å². The average molecular weight is 440 g/mol. The number of carbonyl (C=O) groups excluding carboxylic acids is 2. The molecular formula is C23H37NO7. The number of esters is 1. The smallest absolute Gasteiger partial charge is 0.306 e. The Kier molecular flexibility index (Phi) is 10.4. The van der Waals surface area contributed by atoms with E-state index in [0.717, 1.165) is 5.56 Å². The number of ether oxygens (including phenoxy) is 2. The van der Waals surface area contributed by atoms with Crippen LogP contribution in [0.2, 0.25) is 0 Å². The van der Waals surface area contributed by atoms with Crippen molar-refractivity contribution in [3.8, 4) is 5.75 Å². The highest BCUT2D eigenvalue weighted by Gasteiger charge is 2.39. The average Bonchev–Trinajstić information content (AvgIpc) is 2.63. The SMILES string of the molecule is CC(C)CCC(O)C(C(O)O)C(OC(=O)CCc1ccc(OC(C)(C)C)cc1)C(N)=O. The number of benzene rings is 1. The molecule has 0 aromatic heterocycles. The number of aliphatic hydroxyl groups is 3. The second kappa shape index (κ2) is 12.0. The summed E-state index contributed by atoms with van der Waals surface area (Å²) < 4.78 is 10.9. The van der Waals surface area contributed by atoms with Gasteiger partial charge < -0.3 is 30.5 Å². The molecule has 1 aromatic carbocycles. The number of hydrogen-bond donors (Lipinski definition) is 4. The van der Waals surface area contributed by atoms with E-state index in [1.165, 1.54) is 0 Å². The van der Waals surface area contributed by atoms with Crippen molar-refractivity contribution in [2.75, 3.05) is 0 Å².